The zero-order chi connectivity index (χ0) is 11.5. The monoisotopic (exact) mass is 217 g/mol. The lowest BCUT2D eigenvalue weighted by Crippen LogP contribution is -2.29. The van der Waals surface area contributed by atoms with E-state index in [0.29, 0.717) is 5.92 Å². The van der Waals surface area contributed by atoms with Gasteiger partial charge in [-0.25, -0.2) is 0 Å². The molecular weight excluding hydrogens is 198 g/mol. The van der Waals surface area contributed by atoms with E-state index in [-0.39, 0.29) is 5.76 Å². The fourth-order valence-electron chi connectivity index (χ4n) is 2.44. The summed E-state index contributed by atoms with van der Waals surface area (Å²) in [6.07, 6.45) is 2.33. The Kier molecular flexibility index (Phi) is 3.30. The smallest absolute Gasteiger partial charge is 0.115 e. The fraction of sp³-hybridized carbons (Fsp3) is 0.429. The van der Waals surface area contributed by atoms with Crippen LogP contribution >= 0.6 is 0 Å². The molecule has 1 aliphatic rings. The second-order valence-electron chi connectivity index (χ2n) is 4.61. The molecule has 0 atom stereocenters. The quantitative estimate of drug-likeness (QED) is 0.770. The van der Waals surface area contributed by atoms with E-state index in [1.807, 2.05) is 18.2 Å². The predicted molar refractivity (Wildman–Crippen MR) is 67.6 cm³/mol. The highest BCUT2D eigenvalue weighted by Crippen LogP contribution is 2.31. The maximum absolute atomic E-state index is 9.58. The number of piperidine rings is 1. The molecule has 1 N–H and O–H groups in total. The Labute approximate surface area is 97.2 Å². The summed E-state index contributed by atoms with van der Waals surface area (Å²) in [5, 5.41) is 9.58. The third-order valence-corrected chi connectivity index (χ3v) is 3.43. The summed E-state index contributed by atoms with van der Waals surface area (Å²) in [6.45, 7) is 5.91. The molecule has 0 amide bonds. The van der Waals surface area contributed by atoms with Gasteiger partial charge in [-0.3, -0.25) is 0 Å². The summed E-state index contributed by atoms with van der Waals surface area (Å²) in [4.78, 5) is 2.35. The standard InChI is InChI=1S/C14H19NO/c1-11(16)13-5-3-4-6-14(13)12-7-9-15(2)10-8-12/h3-6,12,16H,1,7-10H2,2H3. The molecule has 2 nitrogen and oxygen atoms in total. The molecule has 1 aromatic carbocycles. The topological polar surface area (TPSA) is 23.5 Å². The van der Waals surface area contributed by atoms with Crippen LogP contribution in [0.2, 0.25) is 0 Å². The van der Waals surface area contributed by atoms with Crippen molar-refractivity contribution >= 4 is 5.76 Å². The van der Waals surface area contributed by atoms with E-state index in [1.54, 1.807) is 0 Å². The third kappa shape index (κ3) is 2.27. The Hall–Kier alpha value is -1.28. The first kappa shape index (κ1) is 11.2. The van der Waals surface area contributed by atoms with Gasteiger partial charge in [0, 0.05) is 5.56 Å². The van der Waals surface area contributed by atoms with Crippen LogP contribution in [0.5, 0.6) is 0 Å². The van der Waals surface area contributed by atoms with Crippen molar-refractivity contribution in [3.8, 4) is 0 Å². The molecule has 0 saturated carbocycles. The van der Waals surface area contributed by atoms with E-state index in [1.165, 1.54) is 18.4 Å². The van der Waals surface area contributed by atoms with E-state index in [9.17, 15) is 5.11 Å². The van der Waals surface area contributed by atoms with Crippen LogP contribution < -0.4 is 0 Å². The Morgan fingerprint density at radius 2 is 1.94 bits per heavy atom. The lowest BCUT2D eigenvalue weighted by Gasteiger charge is -2.30. The van der Waals surface area contributed by atoms with Crippen LogP contribution in [0, 0.1) is 0 Å². The van der Waals surface area contributed by atoms with Crippen LogP contribution in [-0.2, 0) is 0 Å². The highest BCUT2D eigenvalue weighted by atomic mass is 16.3. The molecule has 1 saturated heterocycles. The minimum atomic E-state index is 0.189. The molecule has 16 heavy (non-hydrogen) atoms. The molecule has 2 heteroatoms. The van der Waals surface area contributed by atoms with Crippen molar-refractivity contribution in [2.75, 3.05) is 20.1 Å². The largest absolute Gasteiger partial charge is 0.508 e. The molecule has 1 aliphatic heterocycles. The lowest BCUT2D eigenvalue weighted by molar-refractivity contribution is 0.255. The summed E-state index contributed by atoms with van der Waals surface area (Å²) in [7, 11) is 2.16. The Balaban J connectivity index is 2.23. The van der Waals surface area contributed by atoms with Crippen molar-refractivity contribution < 1.29 is 5.11 Å². The first-order valence-electron chi connectivity index (χ1n) is 5.84. The Morgan fingerprint density at radius 3 is 2.56 bits per heavy atom. The summed E-state index contributed by atoms with van der Waals surface area (Å²) < 4.78 is 0. The van der Waals surface area contributed by atoms with Crippen molar-refractivity contribution in [1.82, 2.24) is 4.90 Å². The van der Waals surface area contributed by atoms with Crippen molar-refractivity contribution in [3.63, 3.8) is 0 Å². The van der Waals surface area contributed by atoms with Crippen molar-refractivity contribution in [2.45, 2.75) is 18.8 Å². The molecule has 1 aromatic rings. The van der Waals surface area contributed by atoms with Crippen LogP contribution in [0.15, 0.2) is 30.8 Å². The lowest BCUT2D eigenvalue weighted by atomic mass is 9.86. The molecule has 0 aromatic heterocycles. The summed E-state index contributed by atoms with van der Waals surface area (Å²) in [5.74, 6) is 0.755. The predicted octanol–water partition coefficient (Wildman–Crippen LogP) is 3.02. The van der Waals surface area contributed by atoms with E-state index in [4.69, 9.17) is 0 Å². The first-order valence-corrected chi connectivity index (χ1v) is 5.84. The van der Waals surface area contributed by atoms with Crippen LogP contribution in [0.4, 0.5) is 0 Å². The summed E-state index contributed by atoms with van der Waals surface area (Å²) in [5.41, 5.74) is 2.17. The number of nitrogens with zero attached hydrogens (tertiary/aromatic N) is 1. The summed E-state index contributed by atoms with van der Waals surface area (Å²) >= 11 is 0. The molecule has 2 rings (SSSR count). The fourth-order valence-corrected chi connectivity index (χ4v) is 2.44. The van der Waals surface area contributed by atoms with Crippen LogP contribution in [0.25, 0.3) is 5.76 Å². The van der Waals surface area contributed by atoms with E-state index < -0.39 is 0 Å². The van der Waals surface area contributed by atoms with E-state index >= 15 is 0 Å². The number of hydrogen-bond acceptors (Lipinski definition) is 2. The molecule has 1 fully saturated rings. The van der Waals surface area contributed by atoms with Gasteiger partial charge >= 0.3 is 0 Å². The van der Waals surface area contributed by atoms with Crippen LogP contribution in [0.1, 0.15) is 29.9 Å². The van der Waals surface area contributed by atoms with Gasteiger partial charge in [0.05, 0.1) is 0 Å². The number of aliphatic hydroxyl groups is 1. The maximum Gasteiger partial charge on any atom is 0.115 e. The first-order chi connectivity index (χ1) is 7.68. The SMILES string of the molecule is C=C(O)c1ccccc1C1CCN(C)CC1. The maximum atomic E-state index is 9.58. The van der Waals surface area contributed by atoms with Gasteiger partial charge in [-0.15, -0.1) is 0 Å². The second-order valence-corrected chi connectivity index (χ2v) is 4.61. The van der Waals surface area contributed by atoms with Crippen LogP contribution in [0.3, 0.4) is 0 Å². The highest BCUT2D eigenvalue weighted by molar-refractivity contribution is 5.60. The minimum absolute atomic E-state index is 0.189. The van der Waals surface area contributed by atoms with Gasteiger partial charge in [0.2, 0.25) is 0 Å². The van der Waals surface area contributed by atoms with Gasteiger partial charge in [0.25, 0.3) is 0 Å². The summed E-state index contributed by atoms with van der Waals surface area (Å²) in [6, 6.07) is 8.07. The van der Waals surface area contributed by atoms with Gasteiger partial charge < -0.3 is 10.0 Å². The Bertz CT molecular complexity index is 378. The average molecular weight is 217 g/mol. The molecule has 0 radical (unpaired) electrons. The average Bonchev–Trinajstić information content (AvgIpc) is 2.30. The molecule has 0 spiro atoms. The number of aliphatic hydroxyl groups excluding tert-OH is 1. The van der Waals surface area contributed by atoms with Crippen LogP contribution in [-0.4, -0.2) is 30.1 Å². The van der Waals surface area contributed by atoms with Gasteiger partial charge in [0.15, 0.2) is 0 Å². The number of hydrogen-bond donors (Lipinski definition) is 1. The van der Waals surface area contributed by atoms with Crippen molar-refractivity contribution in [3.05, 3.63) is 42.0 Å². The molecule has 0 unspecified atom stereocenters. The zero-order valence-corrected chi connectivity index (χ0v) is 9.82. The third-order valence-electron chi connectivity index (χ3n) is 3.43. The van der Waals surface area contributed by atoms with Gasteiger partial charge in [-0.1, -0.05) is 30.8 Å². The second kappa shape index (κ2) is 4.71. The van der Waals surface area contributed by atoms with Gasteiger partial charge in [-0.2, -0.15) is 0 Å². The Morgan fingerprint density at radius 1 is 1.31 bits per heavy atom. The van der Waals surface area contributed by atoms with E-state index in [0.717, 1.165) is 18.7 Å². The van der Waals surface area contributed by atoms with Crippen molar-refractivity contribution in [2.24, 2.45) is 0 Å². The molecule has 86 valence electrons. The molecule has 1 heterocycles. The number of rotatable bonds is 2. The number of likely N-dealkylation sites (tertiary alicyclic amines) is 1. The molecule has 0 bridgehead atoms. The molecular formula is C14H19NO. The number of benzene rings is 1. The highest BCUT2D eigenvalue weighted by Gasteiger charge is 2.20. The van der Waals surface area contributed by atoms with Crippen molar-refractivity contribution in [1.29, 1.82) is 0 Å². The van der Waals surface area contributed by atoms with Gasteiger partial charge in [-0.05, 0) is 44.5 Å². The van der Waals surface area contributed by atoms with Gasteiger partial charge in [0.1, 0.15) is 5.76 Å². The zero-order valence-electron chi connectivity index (χ0n) is 9.82. The minimum Gasteiger partial charge on any atom is -0.508 e. The molecule has 0 aliphatic carbocycles. The normalized spacial score (nSPS) is 18.6. The van der Waals surface area contributed by atoms with E-state index in [2.05, 4.69) is 24.6 Å².